The van der Waals surface area contributed by atoms with Gasteiger partial charge in [0.25, 0.3) is 0 Å². The number of likely N-dealkylation sites (N-methyl/N-ethyl adjacent to an activating group) is 1. The van der Waals surface area contributed by atoms with E-state index in [1.54, 1.807) is 5.56 Å². The van der Waals surface area contributed by atoms with Gasteiger partial charge in [0.2, 0.25) is 0 Å². The molecule has 100 valence electrons. The average Bonchev–Trinajstić information content (AvgIpc) is 2.63. The summed E-state index contributed by atoms with van der Waals surface area (Å²) in [6, 6.07) is 9.00. The van der Waals surface area contributed by atoms with E-state index in [-0.39, 0.29) is 0 Å². The second-order valence-electron chi connectivity index (χ2n) is 5.79. The van der Waals surface area contributed by atoms with Crippen LogP contribution in [0.15, 0.2) is 24.3 Å². The lowest BCUT2D eigenvalue weighted by Crippen LogP contribution is -2.38. The van der Waals surface area contributed by atoms with Gasteiger partial charge in [-0.2, -0.15) is 0 Å². The van der Waals surface area contributed by atoms with Crippen LogP contribution < -0.4 is 5.32 Å². The van der Waals surface area contributed by atoms with Gasteiger partial charge in [-0.3, -0.25) is 0 Å². The van der Waals surface area contributed by atoms with Gasteiger partial charge in [-0.1, -0.05) is 56.9 Å². The summed E-state index contributed by atoms with van der Waals surface area (Å²) in [6.45, 7) is 6.71. The summed E-state index contributed by atoms with van der Waals surface area (Å²) >= 11 is 0. The topological polar surface area (TPSA) is 12.0 Å². The molecule has 1 heteroatoms. The van der Waals surface area contributed by atoms with Crippen LogP contribution in [0.2, 0.25) is 0 Å². The van der Waals surface area contributed by atoms with Crippen LogP contribution in [0.4, 0.5) is 0 Å². The lowest BCUT2D eigenvalue weighted by Gasteiger charge is -2.35. The summed E-state index contributed by atoms with van der Waals surface area (Å²) < 4.78 is 0. The predicted octanol–water partition coefficient (Wildman–Crippen LogP) is 4.20. The zero-order chi connectivity index (χ0) is 12.8. The number of benzene rings is 1. The van der Waals surface area contributed by atoms with Gasteiger partial charge < -0.3 is 5.32 Å². The molecule has 2 rings (SSSR count). The molecule has 0 aliphatic heterocycles. The fourth-order valence-electron chi connectivity index (χ4n) is 3.48. The van der Waals surface area contributed by atoms with Gasteiger partial charge in [-0.15, -0.1) is 0 Å². The summed E-state index contributed by atoms with van der Waals surface area (Å²) in [5.41, 5.74) is 3.45. The van der Waals surface area contributed by atoms with E-state index < -0.39 is 0 Å². The molecule has 1 aliphatic carbocycles. The minimum Gasteiger partial charge on any atom is -0.316 e. The molecule has 1 nitrogen and oxygen atoms in total. The Kier molecular flexibility index (Phi) is 4.82. The minimum absolute atomic E-state index is 0.387. The van der Waals surface area contributed by atoms with E-state index in [4.69, 9.17) is 0 Å². The molecular formula is C17H27N. The molecule has 1 aliphatic rings. The lowest BCUT2D eigenvalue weighted by molar-refractivity contribution is 0.349. The van der Waals surface area contributed by atoms with E-state index >= 15 is 0 Å². The molecule has 18 heavy (non-hydrogen) atoms. The molecule has 0 atom stereocenters. The molecule has 1 N–H and O–H groups in total. The van der Waals surface area contributed by atoms with Crippen molar-refractivity contribution < 1.29 is 0 Å². The lowest BCUT2D eigenvalue weighted by atomic mass is 9.72. The zero-order valence-corrected chi connectivity index (χ0v) is 12.0. The van der Waals surface area contributed by atoms with E-state index in [0.29, 0.717) is 5.41 Å². The van der Waals surface area contributed by atoms with E-state index in [1.165, 1.54) is 44.1 Å². The quantitative estimate of drug-likeness (QED) is 0.784. The summed E-state index contributed by atoms with van der Waals surface area (Å²) in [5, 5.41) is 3.61. The minimum atomic E-state index is 0.387. The van der Waals surface area contributed by atoms with Gasteiger partial charge in [0.05, 0.1) is 0 Å². The number of aryl methyl sites for hydroxylation is 1. The molecule has 1 saturated carbocycles. The molecule has 0 spiro atoms. The van der Waals surface area contributed by atoms with Crippen LogP contribution in [-0.4, -0.2) is 13.1 Å². The van der Waals surface area contributed by atoms with Crippen molar-refractivity contribution in [1.82, 2.24) is 5.32 Å². The first-order chi connectivity index (χ1) is 8.78. The Bertz CT molecular complexity index is 362. The van der Waals surface area contributed by atoms with Crippen LogP contribution in [0.5, 0.6) is 0 Å². The van der Waals surface area contributed by atoms with Crippen LogP contribution >= 0.6 is 0 Å². The van der Waals surface area contributed by atoms with E-state index in [1.807, 2.05) is 0 Å². The monoisotopic (exact) mass is 245 g/mol. The molecule has 0 saturated heterocycles. The third-order valence-corrected chi connectivity index (χ3v) is 4.49. The smallest absolute Gasteiger partial charge is 0.00804 e. The van der Waals surface area contributed by atoms with Gasteiger partial charge in [0.15, 0.2) is 0 Å². The van der Waals surface area contributed by atoms with Crippen LogP contribution in [0, 0.1) is 6.92 Å². The molecule has 1 aromatic carbocycles. The summed E-state index contributed by atoms with van der Waals surface area (Å²) in [7, 11) is 0. The van der Waals surface area contributed by atoms with Crippen molar-refractivity contribution in [3.8, 4) is 0 Å². The maximum atomic E-state index is 3.61. The van der Waals surface area contributed by atoms with Crippen molar-refractivity contribution >= 4 is 0 Å². The molecule has 1 aromatic rings. The van der Waals surface area contributed by atoms with E-state index in [9.17, 15) is 0 Å². The van der Waals surface area contributed by atoms with Crippen molar-refractivity contribution in [3.63, 3.8) is 0 Å². The standard InChI is InChI=1S/C17H27N/c1-3-18-14-17(12-8-4-5-9-13-17)16-11-7-6-10-15(16)2/h6-7,10-11,18H,3-5,8-9,12-14H2,1-2H3. The Balaban J connectivity index is 2.31. The van der Waals surface area contributed by atoms with E-state index in [0.717, 1.165) is 13.1 Å². The number of nitrogens with one attached hydrogen (secondary N) is 1. The van der Waals surface area contributed by atoms with Crippen molar-refractivity contribution in [2.45, 2.75) is 57.8 Å². The van der Waals surface area contributed by atoms with Crippen molar-refractivity contribution in [1.29, 1.82) is 0 Å². The first-order valence-electron chi connectivity index (χ1n) is 7.55. The van der Waals surface area contributed by atoms with Gasteiger partial charge >= 0.3 is 0 Å². The van der Waals surface area contributed by atoms with Crippen molar-refractivity contribution in [2.75, 3.05) is 13.1 Å². The van der Waals surface area contributed by atoms with Crippen LogP contribution in [0.25, 0.3) is 0 Å². The normalized spacial score (nSPS) is 19.4. The second kappa shape index (κ2) is 6.38. The summed E-state index contributed by atoms with van der Waals surface area (Å²) in [4.78, 5) is 0. The Hall–Kier alpha value is -0.820. The predicted molar refractivity (Wildman–Crippen MR) is 79.1 cm³/mol. The highest BCUT2D eigenvalue weighted by molar-refractivity contribution is 5.34. The number of hydrogen-bond acceptors (Lipinski definition) is 1. The van der Waals surface area contributed by atoms with Gasteiger partial charge in [-0.25, -0.2) is 0 Å². The van der Waals surface area contributed by atoms with Gasteiger partial charge in [0.1, 0.15) is 0 Å². The van der Waals surface area contributed by atoms with Crippen LogP contribution in [-0.2, 0) is 5.41 Å². The van der Waals surface area contributed by atoms with Gasteiger partial charge in [-0.05, 0) is 37.4 Å². The molecule has 0 amide bonds. The first kappa shape index (κ1) is 13.6. The largest absolute Gasteiger partial charge is 0.316 e. The maximum Gasteiger partial charge on any atom is 0.00804 e. The maximum absolute atomic E-state index is 3.61. The number of hydrogen-bond donors (Lipinski definition) is 1. The molecule has 0 radical (unpaired) electrons. The third kappa shape index (κ3) is 2.95. The third-order valence-electron chi connectivity index (χ3n) is 4.49. The fourth-order valence-corrected chi connectivity index (χ4v) is 3.48. The highest BCUT2D eigenvalue weighted by Crippen LogP contribution is 2.39. The molecule has 0 bridgehead atoms. The van der Waals surface area contributed by atoms with Crippen LogP contribution in [0.3, 0.4) is 0 Å². The zero-order valence-electron chi connectivity index (χ0n) is 12.0. The highest BCUT2D eigenvalue weighted by atomic mass is 14.9. The summed E-state index contributed by atoms with van der Waals surface area (Å²) in [5.74, 6) is 0. The van der Waals surface area contributed by atoms with Crippen molar-refractivity contribution in [2.24, 2.45) is 0 Å². The highest BCUT2D eigenvalue weighted by Gasteiger charge is 2.33. The Morgan fingerprint density at radius 3 is 2.33 bits per heavy atom. The molecular weight excluding hydrogens is 218 g/mol. The second-order valence-corrected chi connectivity index (χ2v) is 5.79. The average molecular weight is 245 g/mol. The molecule has 0 aromatic heterocycles. The van der Waals surface area contributed by atoms with Gasteiger partial charge in [0, 0.05) is 12.0 Å². The first-order valence-corrected chi connectivity index (χ1v) is 7.55. The fraction of sp³-hybridized carbons (Fsp3) is 0.647. The Morgan fingerprint density at radius 2 is 1.72 bits per heavy atom. The number of rotatable bonds is 4. The van der Waals surface area contributed by atoms with Crippen LogP contribution in [0.1, 0.15) is 56.6 Å². The SMILES string of the molecule is CCNCC1(c2ccccc2C)CCCCCC1. The summed E-state index contributed by atoms with van der Waals surface area (Å²) in [6.07, 6.45) is 8.31. The van der Waals surface area contributed by atoms with E-state index in [2.05, 4.69) is 43.4 Å². The molecule has 1 fully saturated rings. The molecule has 0 heterocycles. The Labute approximate surface area is 112 Å². The Morgan fingerprint density at radius 1 is 1.06 bits per heavy atom. The molecule has 0 unspecified atom stereocenters. The van der Waals surface area contributed by atoms with Crippen molar-refractivity contribution in [3.05, 3.63) is 35.4 Å².